The van der Waals surface area contributed by atoms with E-state index in [1.54, 1.807) is 4.90 Å². The Bertz CT molecular complexity index is 1270. The van der Waals surface area contributed by atoms with Crippen LogP contribution in [0.2, 0.25) is 10.0 Å². The molecule has 1 aliphatic heterocycles. The van der Waals surface area contributed by atoms with E-state index in [1.165, 1.54) is 19.2 Å². The van der Waals surface area contributed by atoms with E-state index in [4.69, 9.17) is 27.9 Å². The van der Waals surface area contributed by atoms with Crippen LogP contribution in [0.4, 0.5) is 0 Å². The molecule has 0 aliphatic carbocycles. The average molecular weight is 487 g/mol. The van der Waals surface area contributed by atoms with Gasteiger partial charge in [0.15, 0.2) is 5.75 Å². The first-order valence-corrected chi connectivity index (χ1v) is 11.4. The Hall–Kier alpha value is -2.96. The van der Waals surface area contributed by atoms with Crippen LogP contribution >= 0.6 is 23.2 Å². The molecule has 1 amide bonds. The van der Waals surface area contributed by atoms with Crippen LogP contribution in [0, 0.1) is 6.92 Å². The summed E-state index contributed by atoms with van der Waals surface area (Å²) in [6, 6.07) is 9.90. The van der Waals surface area contributed by atoms with Gasteiger partial charge in [-0.3, -0.25) is 9.59 Å². The maximum atomic E-state index is 13.2. The van der Waals surface area contributed by atoms with Gasteiger partial charge in [-0.05, 0) is 31.5 Å². The summed E-state index contributed by atoms with van der Waals surface area (Å²) in [6.45, 7) is 4.31. The predicted molar refractivity (Wildman–Crippen MR) is 130 cm³/mol. The summed E-state index contributed by atoms with van der Waals surface area (Å²) >= 11 is 12.6. The first kappa shape index (κ1) is 23.2. The molecule has 3 aromatic rings. The molecule has 1 fully saturated rings. The summed E-state index contributed by atoms with van der Waals surface area (Å²) in [5.74, 6) is -1.43. The Labute approximate surface area is 201 Å². The van der Waals surface area contributed by atoms with E-state index in [0.29, 0.717) is 6.54 Å². The van der Waals surface area contributed by atoms with Crippen molar-refractivity contribution in [3.63, 3.8) is 0 Å². The summed E-state index contributed by atoms with van der Waals surface area (Å²) in [6.07, 6.45) is 1.58. The van der Waals surface area contributed by atoms with Gasteiger partial charge in [-0.15, -0.1) is 0 Å². The number of rotatable bonds is 6. The van der Waals surface area contributed by atoms with Crippen LogP contribution in [0.5, 0.6) is 5.75 Å². The molecular formula is C25H24Cl2N2O4. The zero-order valence-corrected chi connectivity index (χ0v) is 20.0. The molecule has 1 saturated heterocycles. The van der Waals surface area contributed by atoms with E-state index in [1.807, 2.05) is 38.1 Å². The number of unbranched alkanes of at least 4 members (excludes halogenated alkanes) is 1. The van der Waals surface area contributed by atoms with Crippen LogP contribution in [0.15, 0.2) is 42.0 Å². The highest BCUT2D eigenvalue weighted by atomic mass is 35.5. The number of aliphatic hydroxyl groups is 1. The fraction of sp³-hybridized carbons (Fsp3) is 0.280. The van der Waals surface area contributed by atoms with E-state index < -0.39 is 17.7 Å². The minimum atomic E-state index is -0.743. The number of fused-ring (bicyclic) bond motifs is 1. The lowest BCUT2D eigenvalue weighted by Crippen LogP contribution is -2.30. The number of H-pyrrole nitrogens is 1. The van der Waals surface area contributed by atoms with Gasteiger partial charge in [0.1, 0.15) is 5.76 Å². The van der Waals surface area contributed by atoms with E-state index in [0.717, 1.165) is 35.0 Å². The number of aryl methyl sites for hydroxylation is 1. The minimum Gasteiger partial charge on any atom is -0.507 e. The molecule has 33 heavy (non-hydrogen) atoms. The van der Waals surface area contributed by atoms with E-state index in [9.17, 15) is 14.7 Å². The monoisotopic (exact) mass is 486 g/mol. The molecule has 4 rings (SSSR count). The molecule has 1 atom stereocenters. The number of benzene rings is 2. The van der Waals surface area contributed by atoms with Crippen LogP contribution in [-0.4, -0.2) is 40.3 Å². The van der Waals surface area contributed by atoms with Crippen molar-refractivity contribution >= 4 is 51.6 Å². The molecule has 1 aromatic heterocycles. The van der Waals surface area contributed by atoms with Crippen molar-refractivity contribution in [2.75, 3.05) is 13.7 Å². The number of methoxy groups -OCH3 is 1. The van der Waals surface area contributed by atoms with Gasteiger partial charge in [0.25, 0.3) is 11.7 Å². The number of aliphatic hydroxyl groups excluding tert-OH is 1. The first-order chi connectivity index (χ1) is 15.8. The minimum absolute atomic E-state index is 0.0151. The molecule has 2 aromatic carbocycles. The maximum absolute atomic E-state index is 13.2. The van der Waals surface area contributed by atoms with Gasteiger partial charge in [-0.2, -0.15) is 0 Å². The van der Waals surface area contributed by atoms with Gasteiger partial charge in [0, 0.05) is 34.3 Å². The lowest BCUT2D eigenvalue weighted by Gasteiger charge is -2.25. The Kier molecular flexibility index (Phi) is 6.41. The quantitative estimate of drug-likeness (QED) is 0.253. The molecule has 6 nitrogen and oxygen atoms in total. The number of ether oxygens (including phenoxy) is 1. The number of ketones is 1. The van der Waals surface area contributed by atoms with E-state index in [2.05, 4.69) is 4.98 Å². The van der Waals surface area contributed by atoms with Crippen LogP contribution < -0.4 is 4.74 Å². The molecule has 1 aliphatic rings. The van der Waals surface area contributed by atoms with Crippen molar-refractivity contribution in [3.05, 3.63) is 68.8 Å². The third kappa shape index (κ3) is 3.87. The number of carbonyl (C=O) groups is 2. The second kappa shape index (κ2) is 9.12. The molecule has 0 saturated carbocycles. The first-order valence-electron chi connectivity index (χ1n) is 10.7. The third-order valence-corrected chi connectivity index (χ3v) is 6.55. The van der Waals surface area contributed by atoms with Crippen LogP contribution in [0.3, 0.4) is 0 Å². The fourth-order valence-corrected chi connectivity index (χ4v) is 5.08. The number of likely N-dealkylation sites (tertiary alicyclic amines) is 1. The smallest absolute Gasteiger partial charge is 0.295 e. The zero-order valence-electron chi connectivity index (χ0n) is 18.5. The Morgan fingerprint density at radius 2 is 1.85 bits per heavy atom. The Morgan fingerprint density at radius 1 is 1.18 bits per heavy atom. The standard InChI is InChI=1S/C25H24Cl2N2O4/c1-4-5-10-29-21(19-13(2)28-18-9-7-6-8-15(18)19)20(23(31)25(29)32)22(30)14-11-16(26)24(33-3)17(27)12-14/h6-9,11-12,21,28,30H,4-5,10H2,1-3H3/b22-20+. The largest absolute Gasteiger partial charge is 0.507 e. The maximum Gasteiger partial charge on any atom is 0.295 e. The van der Waals surface area contributed by atoms with Crippen molar-refractivity contribution in [1.82, 2.24) is 9.88 Å². The van der Waals surface area contributed by atoms with Gasteiger partial charge >= 0.3 is 0 Å². The van der Waals surface area contributed by atoms with Crippen molar-refractivity contribution < 1.29 is 19.4 Å². The summed E-state index contributed by atoms with van der Waals surface area (Å²) in [5, 5.41) is 12.6. The molecule has 2 N–H and O–H groups in total. The summed E-state index contributed by atoms with van der Waals surface area (Å²) in [5.41, 5.74) is 2.75. The van der Waals surface area contributed by atoms with Crippen molar-refractivity contribution in [3.8, 4) is 5.75 Å². The molecule has 2 heterocycles. The van der Waals surface area contributed by atoms with Crippen molar-refractivity contribution in [2.24, 2.45) is 0 Å². The molecule has 0 radical (unpaired) electrons. The number of aromatic nitrogens is 1. The van der Waals surface area contributed by atoms with Gasteiger partial charge in [0.05, 0.1) is 28.8 Å². The summed E-state index contributed by atoms with van der Waals surface area (Å²) in [7, 11) is 1.44. The van der Waals surface area contributed by atoms with Crippen LogP contribution in [-0.2, 0) is 9.59 Å². The number of hydrogen-bond donors (Lipinski definition) is 2. The van der Waals surface area contributed by atoms with Crippen molar-refractivity contribution in [2.45, 2.75) is 32.7 Å². The normalized spacial score (nSPS) is 17.8. The SMILES string of the molecule is CCCCN1C(=O)C(=O)/C(=C(/O)c2cc(Cl)c(OC)c(Cl)c2)C1c1c(C)[nH]c2ccccc12. The average Bonchev–Trinajstić information content (AvgIpc) is 3.24. The van der Waals surface area contributed by atoms with E-state index in [-0.39, 0.29) is 32.7 Å². The Morgan fingerprint density at radius 3 is 2.48 bits per heavy atom. The highest BCUT2D eigenvalue weighted by Crippen LogP contribution is 2.44. The third-order valence-electron chi connectivity index (χ3n) is 5.99. The Balaban J connectivity index is 1.98. The summed E-state index contributed by atoms with van der Waals surface area (Å²) in [4.78, 5) is 31.2. The molecule has 8 heteroatoms. The second-order valence-electron chi connectivity index (χ2n) is 8.03. The van der Waals surface area contributed by atoms with E-state index >= 15 is 0 Å². The lowest BCUT2D eigenvalue weighted by atomic mass is 9.93. The number of carbonyl (C=O) groups excluding carboxylic acids is 2. The predicted octanol–water partition coefficient (Wildman–Crippen LogP) is 6.01. The fourth-order valence-electron chi connectivity index (χ4n) is 4.44. The van der Waals surface area contributed by atoms with Gasteiger partial charge in [-0.25, -0.2) is 0 Å². The highest BCUT2D eigenvalue weighted by Gasteiger charge is 2.47. The van der Waals surface area contributed by atoms with Gasteiger partial charge in [0.2, 0.25) is 0 Å². The number of aromatic amines is 1. The number of Topliss-reactive ketones (excluding diaryl/α,β-unsaturated/α-hetero) is 1. The van der Waals surface area contributed by atoms with Crippen molar-refractivity contribution in [1.29, 1.82) is 0 Å². The molecule has 0 bridgehead atoms. The topological polar surface area (TPSA) is 82.6 Å². The van der Waals surface area contributed by atoms with Crippen LogP contribution in [0.25, 0.3) is 16.7 Å². The van der Waals surface area contributed by atoms with Gasteiger partial charge < -0.3 is 19.7 Å². The zero-order chi connectivity index (χ0) is 23.9. The van der Waals surface area contributed by atoms with Crippen LogP contribution in [0.1, 0.15) is 42.6 Å². The number of para-hydroxylation sites is 1. The molecular weight excluding hydrogens is 463 g/mol. The number of nitrogens with one attached hydrogen (secondary N) is 1. The number of amides is 1. The number of hydrogen-bond acceptors (Lipinski definition) is 4. The molecule has 1 unspecified atom stereocenters. The molecule has 172 valence electrons. The molecule has 0 spiro atoms. The van der Waals surface area contributed by atoms with Gasteiger partial charge in [-0.1, -0.05) is 54.7 Å². The number of halogens is 2. The highest BCUT2D eigenvalue weighted by molar-refractivity contribution is 6.47. The lowest BCUT2D eigenvalue weighted by molar-refractivity contribution is -0.139. The summed E-state index contributed by atoms with van der Waals surface area (Å²) < 4.78 is 5.18. The number of nitrogens with zero attached hydrogens (tertiary/aromatic N) is 1. The second-order valence-corrected chi connectivity index (χ2v) is 8.84.